The average Bonchev–Trinajstić information content (AvgIpc) is 3.24. The van der Waals surface area contributed by atoms with Crippen molar-refractivity contribution in [2.45, 2.75) is 33.5 Å². The molecule has 2 aromatic carbocycles. The molecule has 0 fully saturated rings. The minimum absolute atomic E-state index is 0.0714. The van der Waals surface area contributed by atoms with E-state index in [0.717, 1.165) is 27.9 Å². The number of fused-ring (bicyclic) bond motifs is 3. The van der Waals surface area contributed by atoms with Crippen molar-refractivity contribution in [3.05, 3.63) is 86.6 Å². The highest BCUT2D eigenvalue weighted by Gasteiger charge is 2.30. The Morgan fingerprint density at radius 3 is 2.51 bits per heavy atom. The van der Waals surface area contributed by atoms with Gasteiger partial charge in [0.25, 0.3) is 5.56 Å². The van der Waals surface area contributed by atoms with Gasteiger partial charge >= 0.3 is 11.7 Å². The van der Waals surface area contributed by atoms with Crippen LogP contribution < -0.4 is 16.1 Å². The minimum atomic E-state index is -0.652. The number of hydrogen-bond acceptors (Lipinski definition) is 6. The van der Waals surface area contributed by atoms with Gasteiger partial charge in [0, 0.05) is 25.8 Å². The Labute approximate surface area is 201 Å². The number of anilines is 2. The molecular weight excluding hydrogens is 446 g/mol. The number of hydrogen-bond donors (Lipinski definition) is 0. The summed E-state index contributed by atoms with van der Waals surface area (Å²) in [5.41, 5.74) is 2.38. The molecule has 35 heavy (non-hydrogen) atoms. The van der Waals surface area contributed by atoms with E-state index in [1.54, 1.807) is 7.05 Å². The Kier molecular flexibility index (Phi) is 5.76. The second kappa shape index (κ2) is 8.90. The highest BCUT2D eigenvalue weighted by atomic mass is 16.5. The van der Waals surface area contributed by atoms with E-state index in [2.05, 4.69) is 11.8 Å². The number of para-hydroxylation sites is 1. The normalized spacial score (nSPS) is 15.3. The second-order valence-corrected chi connectivity index (χ2v) is 9.08. The maximum absolute atomic E-state index is 13.5. The molecule has 1 aliphatic heterocycles. The number of carbonyl (C=O) groups excluding carboxylic acids is 1. The average molecular weight is 474 g/mol. The topological polar surface area (TPSA) is 91.4 Å². The molecule has 0 saturated carbocycles. The fraction of sp³-hybridized carbons (Fsp3) is 0.308. The van der Waals surface area contributed by atoms with E-state index in [-0.39, 0.29) is 12.5 Å². The summed E-state index contributed by atoms with van der Waals surface area (Å²) in [6.45, 7) is 5.07. The molecule has 3 heterocycles. The molecule has 0 aliphatic carbocycles. The Hall–Kier alpha value is -4.14. The fourth-order valence-corrected chi connectivity index (χ4v) is 4.63. The van der Waals surface area contributed by atoms with Crippen LogP contribution in [0.1, 0.15) is 18.1 Å². The Morgan fingerprint density at radius 1 is 1.06 bits per heavy atom. The van der Waals surface area contributed by atoms with Gasteiger partial charge in [0.1, 0.15) is 13.2 Å². The van der Waals surface area contributed by atoms with Gasteiger partial charge in [0.05, 0.1) is 0 Å². The smallest absolute Gasteiger partial charge is 0.333 e. The van der Waals surface area contributed by atoms with Crippen LogP contribution in [0.25, 0.3) is 11.2 Å². The molecule has 0 radical (unpaired) electrons. The molecular formula is C26H27N5O4. The Balaban J connectivity index is 1.56. The number of imidazole rings is 1. The summed E-state index contributed by atoms with van der Waals surface area (Å²) < 4.78 is 9.44. The standard InChI is InChI=1S/C26H27N5O4/c1-17-13-29(20-12-8-7-9-18(20)2)25-27-23-22(30(25)14-17)24(33)31(26(34)28(23)3)15-21(32)35-16-19-10-5-4-6-11-19/h4-12,17H,13-16H2,1-3H3/t17-/m0/s1. The highest BCUT2D eigenvalue weighted by Crippen LogP contribution is 2.34. The van der Waals surface area contributed by atoms with Crippen LogP contribution in [0.15, 0.2) is 64.2 Å². The number of ether oxygens (including phenoxy) is 1. The van der Waals surface area contributed by atoms with Crippen LogP contribution in [-0.2, 0) is 36.3 Å². The van der Waals surface area contributed by atoms with Gasteiger partial charge in [0.2, 0.25) is 5.95 Å². The summed E-state index contributed by atoms with van der Waals surface area (Å²) in [6.07, 6.45) is 0. The van der Waals surface area contributed by atoms with Crippen LogP contribution in [-0.4, -0.2) is 31.2 Å². The lowest BCUT2D eigenvalue weighted by Gasteiger charge is -2.33. The molecule has 2 aromatic heterocycles. The number of aromatic nitrogens is 4. The molecule has 180 valence electrons. The van der Waals surface area contributed by atoms with Crippen molar-refractivity contribution in [2.75, 3.05) is 11.4 Å². The third kappa shape index (κ3) is 4.03. The van der Waals surface area contributed by atoms with Crippen molar-refractivity contribution >= 4 is 28.8 Å². The first-order chi connectivity index (χ1) is 16.8. The van der Waals surface area contributed by atoms with Gasteiger partial charge in [-0.2, -0.15) is 4.98 Å². The zero-order valence-corrected chi connectivity index (χ0v) is 20.0. The van der Waals surface area contributed by atoms with Crippen LogP contribution in [0.2, 0.25) is 0 Å². The van der Waals surface area contributed by atoms with Crippen molar-refractivity contribution in [3.8, 4) is 0 Å². The summed E-state index contributed by atoms with van der Waals surface area (Å²) in [7, 11) is 1.57. The predicted molar refractivity (Wildman–Crippen MR) is 133 cm³/mol. The zero-order valence-electron chi connectivity index (χ0n) is 20.0. The van der Waals surface area contributed by atoms with Gasteiger partial charge in [-0.3, -0.25) is 14.2 Å². The lowest BCUT2D eigenvalue weighted by Crippen LogP contribution is -2.42. The van der Waals surface area contributed by atoms with Gasteiger partial charge in [-0.1, -0.05) is 55.5 Å². The van der Waals surface area contributed by atoms with Crippen molar-refractivity contribution in [1.82, 2.24) is 18.7 Å². The van der Waals surface area contributed by atoms with E-state index < -0.39 is 23.8 Å². The first-order valence-corrected chi connectivity index (χ1v) is 11.6. The molecule has 5 rings (SSSR count). The van der Waals surface area contributed by atoms with Gasteiger partial charge in [-0.05, 0) is 30.0 Å². The van der Waals surface area contributed by atoms with Crippen molar-refractivity contribution in [1.29, 1.82) is 0 Å². The maximum Gasteiger partial charge on any atom is 0.333 e. The van der Waals surface area contributed by atoms with Crippen molar-refractivity contribution < 1.29 is 9.53 Å². The highest BCUT2D eigenvalue weighted by molar-refractivity contribution is 5.78. The van der Waals surface area contributed by atoms with E-state index in [1.165, 1.54) is 4.57 Å². The first kappa shape index (κ1) is 22.6. The van der Waals surface area contributed by atoms with Gasteiger partial charge < -0.3 is 14.2 Å². The summed E-state index contributed by atoms with van der Waals surface area (Å²) in [5.74, 6) is 0.199. The zero-order chi connectivity index (χ0) is 24.7. The van der Waals surface area contributed by atoms with Crippen LogP contribution in [0.4, 0.5) is 11.6 Å². The molecule has 9 heteroatoms. The number of carbonyl (C=O) groups is 1. The Morgan fingerprint density at radius 2 is 1.77 bits per heavy atom. The molecule has 1 aliphatic rings. The molecule has 9 nitrogen and oxygen atoms in total. The number of benzene rings is 2. The van der Waals surface area contributed by atoms with E-state index in [1.807, 2.05) is 66.1 Å². The van der Waals surface area contributed by atoms with Crippen LogP contribution >= 0.6 is 0 Å². The minimum Gasteiger partial charge on any atom is -0.459 e. The quantitative estimate of drug-likeness (QED) is 0.414. The van der Waals surface area contributed by atoms with E-state index in [0.29, 0.717) is 23.7 Å². The molecule has 1 atom stereocenters. The van der Waals surface area contributed by atoms with Crippen molar-refractivity contribution in [2.24, 2.45) is 13.0 Å². The summed E-state index contributed by atoms with van der Waals surface area (Å²) in [6, 6.07) is 17.3. The Bertz CT molecular complexity index is 1530. The van der Waals surface area contributed by atoms with Gasteiger partial charge in [-0.15, -0.1) is 0 Å². The van der Waals surface area contributed by atoms with Gasteiger partial charge in [-0.25, -0.2) is 9.36 Å². The number of aryl methyl sites for hydroxylation is 2. The monoisotopic (exact) mass is 473 g/mol. The van der Waals surface area contributed by atoms with Crippen molar-refractivity contribution in [3.63, 3.8) is 0 Å². The summed E-state index contributed by atoms with van der Waals surface area (Å²) >= 11 is 0. The first-order valence-electron chi connectivity index (χ1n) is 11.6. The number of rotatable bonds is 5. The third-order valence-corrected chi connectivity index (χ3v) is 6.38. The molecule has 0 spiro atoms. The maximum atomic E-state index is 13.5. The van der Waals surface area contributed by atoms with Crippen LogP contribution in [0.3, 0.4) is 0 Å². The number of esters is 1. The molecule has 0 unspecified atom stereocenters. The molecule has 0 amide bonds. The SMILES string of the molecule is Cc1ccccc1N1C[C@H](C)Cn2c1nc1c2c(=O)n(CC(=O)OCc2ccccc2)c(=O)n1C. The van der Waals surface area contributed by atoms with E-state index in [9.17, 15) is 14.4 Å². The molecule has 0 saturated heterocycles. The summed E-state index contributed by atoms with van der Waals surface area (Å²) in [4.78, 5) is 45.9. The molecule has 0 bridgehead atoms. The largest absolute Gasteiger partial charge is 0.459 e. The van der Waals surface area contributed by atoms with Crippen LogP contribution in [0.5, 0.6) is 0 Å². The lowest BCUT2D eigenvalue weighted by atomic mass is 10.1. The van der Waals surface area contributed by atoms with E-state index in [4.69, 9.17) is 9.72 Å². The molecule has 0 N–H and O–H groups in total. The van der Waals surface area contributed by atoms with Crippen LogP contribution in [0, 0.1) is 12.8 Å². The molecule has 4 aromatic rings. The fourth-order valence-electron chi connectivity index (χ4n) is 4.63. The third-order valence-electron chi connectivity index (χ3n) is 6.38. The second-order valence-electron chi connectivity index (χ2n) is 9.08. The van der Waals surface area contributed by atoms with Gasteiger partial charge in [0.15, 0.2) is 11.2 Å². The van der Waals surface area contributed by atoms with E-state index >= 15 is 0 Å². The lowest BCUT2D eigenvalue weighted by molar-refractivity contribution is -0.145. The summed E-state index contributed by atoms with van der Waals surface area (Å²) in [5, 5.41) is 0. The number of nitrogens with zero attached hydrogens (tertiary/aromatic N) is 5. The predicted octanol–water partition coefficient (Wildman–Crippen LogP) is 2.74.